The number of anilines is 1. The van der Waals surface area contributed by atoms with E-state index < -0.39 is 0 Å². The summed E-state index contributed by atoms with van der Waals surface area (Å²) in [6.45, 7) is 3.51. The van der Waals surface area contributed by atoms with Gasteiger partial charge in [0.2, 0.25) is 0 Å². The Morgan fingerprint density at radius 2 is 2.17 bits per heavy atom. The number of hydrogen-bond donors (Lipinski definition) is 0. The Morgan fingerprint density at radius 1 is 1.38 bits per heavy atom. The Hall–Kier alpha value is -2.41. The summed E-state index contributed by atoms with van der Waals surface area (Å²) in [4.78, 5) is 25.2. The number of morpholine rings is 1. The van der Waals surface area contributed by atoms with Gasteiger partial charge in [-0.1, -0.05) is 0 Å². The Bertz CT molecular complexity index is 740. The van der Waals surface area contributed by atoms with Crippen molar-refractivity contribution in [3.63, 3.8) is 0 Å². The van der Waals surface area contributed by atoms with Crippen molar-refractivity contribution in [2.75, 3.05) is 38.7 Å². The fourth-order valence-electron chi connectivity index (χ4n) is 2.82. The fourth-order valence-corrected chi connectivity index (χ4v) is 2.82. The molecule has 0 unspecified atom stereocenters. The molecular formula is C17H23N5O2. The Morgan fingerprint density at radius 3 is 2.83 bits per heavy atom. The Labute approximate surface area is 141 Å². The maximum absolute atomic E-state index is 12.7. The van der Waals surface area contributed by atoms with E-state index in [1.165, 1.54) is 0 Å². The van der Waals surface area contributed by atoms with Crippen LogP contribution in [0.1, 0.15) is 28.1 Å². The molecule has 3 rings (SSSR count). The third kappa shape index (κ3) is 3.26. The van der Waals surface area contributed by atoms with Crippen LogP contribution in [0, 0.1) is 6.92 Å². The molecule has 0 spiro atoms. The van der Waals surface area contributed by atoms with Crippen LogP contribution in [0.15, 0.2) is 24.5 Å². The first kappa shape index (κ1) is 16.4. The summed E-state index contributed by atoms with van der Waals surface area (Å²) in [5.41, 5.74) is 2.87. The minimum atomic E-state index is -0.221. The molecular weight excluding hydrogens is 306 g/mol. The topological polar surface area (TPSA) is 63.5 Å². The van der Waals surface area contributed by atoms with Gasteiger partial charge in [-0.25, -0.2) is 4.98 Å². The summed E-state index contributed by atoms with van der Waals surface area (Å²) in [6, 6.07) is 4.05. The maximum Gasteiger partial charge on any atom is 0.290 e. The fraction of sp³-hybridized carbons (Fsp3) is 0.471. The molecule has 2 aromatic heterocycles. The van der Waals surface area contributed by atoms with Crippen LogP contribution in [0.4, 0.5) is 5.69 Å². The van der Waals surface area contributed by atoms with E-state index in [0.29, 0.717) is 25.5 Å². The number of amides is 1. The lowest BCUT2D eigenvalue weighted by Crippen LogP contribution is -2.43. The number of carbonyl (C=O) groups is 1. The second-order valence-electron chi connectivity index (χ2n) is 6.26. The average Bonchev–Trinajstić information content (AvgIpc) is 2.99. The summed E-state index contributed by atoms with van der Waals surface area (Å²) in [5, 5.41) is 0. The third-order valence-corrected chi connectivity index (χ3v) is 4.17. The molecule has 1 fully saturated rings. The van der Waals surface area contributed by atoms with Crippen molar-refractivity contribution in [3.8, 4) is 0 Å². The molecule has 0 aliphatic carbocycles. The van der Waals surface area contributed by atoms with Crippen LogP contribution in [0.5, 0.6) is 0 Å². The van der Waals surface area contributed by atoms with Gasteiger partial charge in [0.15, 0.2) is 5.82 Å². The molecule has 0 radical (unpaired) electrons. The molecule has 0 bridgehead atoms. The second-order valence-corrected chi connectivity index (χ2v) is 6.26. The number of pyridine rings is 1. The third-order valence-electron chi connectivity index (χ3n) is 4.17. The van der Waals surface area contributed by atoms with Gasteiger partial charge in [-0.3, -0.25) is 9.78 Å². The van der Waals surface area contributed by atoms with Crippen LogP contribution in [0.3, 0.4) is 0 Å². The number of ether oxygens (including phenoxy) is 1. The Balaban J connectivity index is 1.81. The van der Waals surface area contributed by atoms with Gasteiger partial charge in [-0.05, 0) is 19.1 Å². The van der Waals surface area contributed by atoms with Crippen molar-refractivity contribution in [1.29, 1.82) is 0 Å². The highest BCUT2D eigenvalue weighted by atomic mass is 16.5. The average molecular weight is 329 g/mol. The van der Waals surface area contributed by atoms with Crippen molar-refractivity contribution in [3.05, 3.63) is 41.7 Å². The van der Waals surface area contributed by atoms with Crippen LogP contribution in [-0.4, -0.2) is 59.1 Å². The molecule has 128 valence electrons. The van der Waals surface area contributed by atoms with E-state index in [0.717, 1.165) is 17.1 Å². The van der Waals surface area contributed by atoms with E-state index >= 15 is 0 Å². The zero-order chi connectivity index (χ0) is 17.3. The van der Waals surface area contributed by atoms with E-state index in [-0.39, 0.29) is 12.0 Å². The number of hydrogen-bond acceptors (Lipinski definition) is 5. The molecule has 7 heteroatoms. The number of rotatable bonds is 3. The van der Waals surface area contributed by atoms with Crippen molar-refractivity contribution in [1.82, 2.24) is 19.4 Å². The summed E-state index contributed by atoms with van der Waals surface area (Å²) < 4.78 is 7.62. The van der Waals surface area contributed by atoms with Gasteiger partial charge in [0.05, 0.1) is 18.8 Å². The molecule has 0 saturated carbocycles. The number of aromatic nitrogens is 3. The van der Waals surface area contributed by atoms with Gasteiger partial charge >= 0.3 is 0 Å². The standard InChI is InChI=1S/C17H23N5O2/c1-12-9-13(20(2)3)10-14(19-12)15-11-22(7-8-24-15)17(23)16-18-5-6-21(16)4/h5-6,9-10,15H,7-8,11H2,1-4H3/t15-/m0/s1. The van der Waals surface area contributed by atoms with Gasteiger partial charge in [-0.15, -0.1) is 0 Å². The van der Waals surface area contributed by atoms with Crippen LogP contribution < -0.4 is 4.90 Å². The first-order valence-electron chi connectivity index (χ1n) is 8.00. The molecule has 3 heterocycles. The smallest absolute Gasteiger partial charge is 0.290 e. The minimum absolute atomic E-state index is 0.0729. The molecule has 7 nitrogen and oxygen atoms in total. The predicted octanol–water partition coefficient (Wildman–Crippen LogP) is 1.40. The second kappa shape index (κ2) is 6.60. The molecule has 1 aliphatic rings. The number of carbonyl (C=O) groups excluding carboxylic acids is 1. The highest BCUT2D eigenvalue weighted by Crippen LogP contribution is 2.25. The normalized spacial score (nSPS) is 17.8. The highest BCUT2D eigenvalue weighted by Gasteiger charge is 2.29. The minimum Gasteiger partial charge on any atom is -0.378 e. The molecule has 0 aromatic carbocycles. The maximum atomic E-state index is 12.7. The highest BCUT2D eigenvalue weighted by molar-refractivity contribution is 5.90. The number of aryl methyl sites for hydroxylation is 2. The van der Waals surface area contributed by atoms with Crippen molar-refractivity contribution >= 4 is 11.6 Å². The van der Waals surface area contributed by atoms with E-state index in [1.54, 1.807) is 21.9 Å². The first-order valence-corrected chi connectivity index (χ1v) is 8.00. The molecule has 1 amide bonds. The molecule has 1 saturated heterocycles. The lowest BCUT2D eigenvalue weighted by molar-refractivity contribution is -0.0252. The Kier molecular flexibility index (Phi) is 4.53. The van der Waals surface area contributed by atoms with Crippen LogP contribution in [0.25, 0.3) is 0 Å². The van der Waals surface area contributed by atoms with Gasteiger partial charge in [-0.2, -0.15) is 0 Å². The summed E-state index contributed by atoms with van der Waals surface area (Å²) >= 11 is 0. The lowest BCUT2D eigenvalue weighted by Gasteiger charge is -2.32. The molecule has 1 atom stereocenters. The molecule has 1 aliphatic heterocycles. The quantitative estimate of drug-likeness (QED) is 0.852. The van der Waals surface area contributed by atoms with E-state index in [2.05, 4.69) is 9.97 Å². The van der Waals surface area contributed by atoms with E-state index in [4.69, 9.17) is 4.74 Å². The van der Waals surface area contributed by atoms with Crippen LogP contribution in [-0.2, 0) is 11.8 Å². The summed E-state index contributed by atoms with van der Waals surface area (Å²) in [7, 11) is 5.82. The predicted molar refractivity (Wildman–Crippen MR) is 91.1 cm³/mol. The van der Waals surface area contributed by atoms with Gasteiger partial charge in [0.25, 0.3) is 5.91 Å². The zero-order valence-corrected chi connectivity index (χ0v) is 14.6. The van der Waals surface area contributed by atoms with Crippen LogP contribution >= 0.6 is 0 Å². The molecule has 0 N–H and O–H groups in total. The number of imidazole rings is 1. The van der Waals surface area contributed by atoms with Crippen molar-refractivity contribution < 1.29 is 9.53 Å². The van der Waals surface area contributed by atoms with Crippen molar-refractivity contribution in [2.24, 2.45) is 7.05 Å². The van der Waals surface area contributed by atoms with Gasteiger partial charge in [0, 0.05) is 51.5 Å². The SMILES string of the molecule is Cc1cc(N(C)C)cc([C@@H]2CN(C(=O)c3nccn3C)CCO2)n1. The van der Waals surface area contributed by atoms with Gasteiger partial charge < -0.3 is 19.1 Å². The largest absolute Gasteiger partial charge is 0.378 e. The van der Waals surface area contributed by atoms with E-state index in [9.17, 15) is 4.79 Å². The van der Waals surface area contributed by atoms with Crippen molar-refractivity contribution in [2.45, 2.75) is 13.0 Å². The molecule has 2 aromatic rings. The first-order chi connectivity index (χ1) is 11.5. The van der Waals surface area contributed by atoms with Gasteiger partial charge in [0.1, 0.15) is 6.10 Å². The lowest BCUT2D eigenvalue weighted by atomic mass is 10.1. The van der Waals surface area contributed by atoms with Crippen LogP contribution in [0.2, 0.25) is 0 Å². The summed E-state index contributed by atoms with van der Waals surface area (Å²) in [5.74, 6) is 0.373. The zero-order valence-electron chi connectivity index (χ0n) is 14.6. The summed E-state index contributed by atoms with van der Waals surface area (Å²) in [6.07, 6.45) is 3.19. The monoisotopic (exact) mass is 329 g/mol. The number of nitrogens with zero attached hydrogens (tertiary/aromatic N) is 5. The van der Waals surface area contributed by atoms with E-state index in [1.807, 2.05) is 45.1 Å². The molecule has 24 heavy (non-hydrogen) atoms.